The minimum Gasteiger partial charge on any atom is -0.396 e. The van der Waals surface area contributed by atoms with Crippen LogP contribution in [0.1, 0.15) is 119 Å². The Morgan fingerprint density at radius 2 is 1.53 bits per heavy atom. The topological polar surface area (TPSA) is 40.5 Å². The van der Waals surface area contributed by atoms with Gasteiger partial charge in [0.1, 0.15) is 0 Å². The average molecular weight is 447 g/mol. The molecule has 2 N–H and O–H groups in total. The molecule has 4 aliphatic carbocycles. The maximum Gasteiger partial charge on any atom is 0.0698 e. The van der Waals surface area contributed by atoms with E-state index in [0.29, 0.717) is 16.7 Å². The summed E-state index contributed by atoms with van der Waals surface area (Å²) in [5, 5.41) is 21.0. The smallest absolute Gasteiger partial charge is 0.0698 e. The van der Waals surface area contributed by atoms with Gasteiger partial charge in [-0.2, -0.15) is 0 Å². The lowest BCUT2D eigenvalue weighted by Gasteiger charge is -2.62. The summed E-state index contributed by atoms with van der Waals surface area (Å²) in [6, 6.07) is 0. The third-order valence-corrected chi connectivity index (χ3v) is 12.2. The number of fused-ring (bicyclic) bond motifs is 5. The SMILES string of the molecule is CC(C)CCC[C@@H](C)[C@H]1CCC2C3CCC4CC(O)(C(C)CO)CC[C@]4(C)C3CC[C@@]21C. The molecule has 0 spiro atoms. The molecule has 10 atom stereocenters. The molecule has 186 valence electrons. The predicted octanol–water partition coefficient (Wildman–Crippen LogP) is 7.47. The molecule has 2 heteroatoms. The standard InChI is InChI=1S/C30H54O2/c1-20(2)8-7-9-21(3)25-12-13-26-24-11-10-23-18-30(32,22(4)19-31)17-16-28(23,5)27(24)14-15-29(25,26)6/h20-27,31-32H,7-19H2,1-6H3/t21-,22?,23?,24?,25-,26?,27?,28+,29-,30?/m1/s1. The third-order valence-electron chi connectivity index (χ3n) is 12.2. The number of aliphatic hydroxyl groups is 2. The van der Waals surface area contributed by atoms with Crippen molar-refractivity contribution >= 4 is 0 Å². The highest BCUT2D eigenvalue weighted by atomic mass is 16.3. The van der Waals surface area contributed by atoms with E-state index in [0.717, 1.165) is 54.8 Å². The zero-order valence-corrected chi connectivity index (χ0v) is 22.2. The van der Waals surface area contributed by atoms with Gasteiger partial charge in [-0.1, -0.05) is 60.8 Å². The van der Waals surface area contributed by atoms with Gasteiger partial charge in [-0.15, -0.1) is 0 Å². The van der Waals surface area contributed by atoms with Gasteiger partial charge >= 0.3 is 0 Å². The Morgan fingerprint density at radius 1 is 0.812 bits per heavy atom. The van der Waals surface area contributed by atoms with Gasteiger partial charge < -0.3 is 10.2 Å². The van der Waals surface area contributed by atoms with E-state index in [9.17, 15) is 10.2 Å². The van der Waals surface area contributed by atoms with Gasteiger partial charge in [-0.3, -0.25) is 0 Å². The quantitative estimate of drug-likeness (QED) is 0.426. The van der Waals surface area contributed by atoms with E-state index >= 15 is 0 Å². The molecule has 4 fully saturated rings. The first-order valence-electron chi connectivity index (χ1n) is 14.4. The van der Waals surface area contributed by atoms with E-state index in [2.05, 4.69) is 34.6 Å². The zero-order chi connectivity index (χ0) is 23.3. The lowest BCUT2D eigenvalue weighted by atomic mass is 9.43. The molecule has 4 aliphatic rings. The fourth-order valence-electron chi connectivity index (χ4n) is 9.92. The van der Waals surface area contributed by atoms with E-state index < -0.39 is 5.60 Å². The summed E-state index contributed by atoms with van der Waals surface area (Å²) in [5.74, 6) is 6.04. The van der Waals surface area contributed by atoms with Crippen LogP contribution in [0.4, 0.5) is 0 Å². The minimum absolute atomic E-state index is 0.00666. The van der Waals surface area contributed by atoms with E-state index in [1.54, 1.807) is 0 Å². The van der Waals surface area contributed by atoms with Gasteiger partial charge in [-0.05, 0) is 110 Å². The maximum atomic E-state index is 11.3. The predicted molar refractivity (Wildman–Crippen MR) is 134 cm³/mol. The van der Waals surface area contributed by atoms with Gasteiger partial charge in [0.2, 0.25) is 0 Å². The molecule has 32 heavy (non-hydrogen) atoms. The van der Waals surface area contributed by atoms with Crippen LogP contribution in [-0.2, 0) is 0 Å². The second kappa shape index (κ2) is 9.18. The molecular formula is C30H54O2. The van der Waals surface area contributed by atoms with Crippen LogP contribution in [0.25, 0.3) is 0 Å². The van der Waals surface area contributed by atoms with Gasteiger partial charge in [0.15, 0.2) is 0 Å². The fraction of sp³-hybridized carbons (Fsp3) is 1.00. The second-order valence-electron chi connectivity index (χ2n) is 14.1. The molecule has 4 rings (SSSR count). The van der Waals surface area contributed by atoms with Crippen LogP contribution in [0.3, 0.4) is 0 Å². The first kappa shape index (κ1) is 25.0. The van der Waals surface area contributed by atoms with Gasteiger partial charge in [0, 0.05) is 12.5 Å². The Labute approximate surface area is 199 Å². The molecule has 4 saturated carbocycles. The minimum atomic E-state index is -0.640. The highest BCUT2D eigenvalue weighted by Crippen LogP contribution is 2.69. The molecule has 0 aromatic heterocycles. The van der Waals surface area contributed by atoms with Gasteiger partial charge in [0.25, 0.3) is 0 Å². The number of aliphatic hydroxyl groups excluding tert-OH is 1. The first-order chi connectivity index (χ1) is 15.0. The van der Waals surface area contributed by atoms with Crippen LogP contribution in [0.15, 0.2) is 0 Å². The summed E-state index contributed by atoms with van der Waals surface area (Å²) >= 11 is 0. The van der Waals surface area contributed by atoms with Gasteiger partial charge in [-0.25, -0.2) is 0 Å². The van der Waals surface area contributed by atoms with Crippen molar-refractivity contribution in [1.29, 1.82) is 0 Å². The van der Waals surface area contributed by atoms with Crippen molar-refractivity contribution in [3.8, 4) is 0 Å². The normalized spacial score (nSPS) is 48.1. The van der Waals surface area contributed by atoms with Crippen molar-refractivity contribution in [2.75, 3.05) is 6.61 Å². The number of hydrogen-bond acceptors (Lipinski definition) is 2. The van der Waals surface area contributed by atoms with Crippen molar-refractivity contribution in [3.05, 3.63) is 0 Å². The van der Waals surface area contributed by atoms with Crippen LogP contribution in [0.5, 0.6) is 0 Å². The monoisotopic (exact) mass is 446 g/mol. The van der Waals surface area contributed by atoms with Crippen LogP contribution >= 0.6 is 0 Å². The fourth-order valence-corrected chi connectivity index (χ4v) is 9.92. The highest BCUT2D eigenvalue weighted by Gasteiger charge is 2.61. The van der Waals surface area contributed by atoms with Crippen molar-refractivity contribution in [1.82, 2.24) is 0 Å². The summed E-state index contributed by atoms with van der Waals surface area (Å²) < 4.78 is 0. The van der Waals surface area contributed by atoms with E-state index in [1.807, 2.05) is 6.92 Å². The Bertz CT molecular complexity index is 645. The summed E-state index contributed by atoms with van der Waals surface area (Å²) in [7, 11) is 0. The maximum absolute atomic E-state index is 11.3. The Balaban J connectivity index is 1.46. The van der Waals surface area contributed by atoms with Crippen LogP contribution in [0, 0.1) is 58.2 Å². The molecule has 0 bridgehead atoms. The largest absolute Gasteiger partial charge is 0.396 e. The summed E-state index contributed by atoms with van der Waals surface area (Å²) in [5.41, 5.74) is 0.341. The number of hydrogen-bond donors (Lipinski definition) is 2. The van der Waals surface area contributed by atoms with Crippen molar-refractivity contribution in [3.63, 3.8) is 0 Å². The molecule has 6 unspecified atom stereocenters. The molecule has 0 aliphatic heterocycles. The highest BCUT2D eigenvalue weighted by molar-refractivity contribution is 5.11. The molecule has 0 amide bonds. The van der Waals surface area contributed by atoms with Crippen LogP contribution in [-0.4, -0.2) is 22.4 Å². The Kier molecular flexibility index (Phi) is 7.18. The van der Waals surface area contributed by atoms with Crippen molar-refractivity contribution in [2.24, 2.45) is 58.2 Å². The van der Waals surface area contributed by atoms with E-state index in [1.165, 1.54) is 57.8 Å². The van der Waals surface area contributed by atoms with Crippen molar-refractivity contribution < 1.29 is 10.2 Å². The molecule has 0 aromatic carbocycles. The number of rotatable bonds is 7. The Morgan fingerprint density at radius 3 is 2.22 bits per heavy atom. The summed E-state index contributed by atoms with van der Waals surface area (Å²) in [4.78, 5) is 0. The zero-order valence-electron chi connectivity index (χ0n) is 22.2. The van der Waals surface area contributed by atoms with Crippen LogP contribution in [0.2, 0.25) is 0 Å². The summed E-state index contributed by atoms with van der Waals surface area (Å²) in [6.07, 6.45) is 15.7. The molecular weight excluding hydrogens is 392 g/mol. The van der Waals surface area contributed by atoms with Gasteiger partial charge in [0.05, 0.1) is 5.60 Å². The molecule has 2 nitrogen and oxygen atoms in total. The molecule has 0 radical (unpaired) electrons. The molecule has 0 heterocycles. The first-order valence-corrected chi connectivity index (χ1v) is 14.4. The lowest BCUT2D eigenvalue weighted by Crippen LogP contribution is -2.57. The lowest BCUT2D eigenvalue weighted by molar-refractivity contribution is -0.167. The van der Waals surface area contributed by atoms with Crippen LogP contribution < -0.4 is 0 Å². The average Bonchev–Trinajstić information content (AvgIpc) is 3.10. The summed E-state index contributed by atoms with van der Waals surface area (Å²) in [6.45, 7) is 14.8. The van der Waals surface area contributed by atoms with Crippen molar-refractivity contribution in [2.45, 2.75) is 124 Å². The molecule has 0 saturated heterocycles. The Hall–Kier alpha value is -0.0800. The molecule has 0 aromatic rings. The second-order valence-corrected chi connectivity index (χ2v) is 14.1. The van der Waals surface area contributed by atoms with E-state index in [4.69, 9.17) is 0 Å². The third kappa shape index (κ3) is 4.12. The van der Waals surface area contributed by atoms with E-state index in [-0.39, 0.29) is 12.5 Å².